The lowest BCUT2D eigenvalue weighted by molar-refractivity contribution is 0.579. The first-order valence-electron chi connectivity index (χ1n) is 7.15. The number of fused-ring (bicyclic) bond motifs is 1. The van der Waals surface area contributed by atoms with Crippen LogP contribution in [0.3, 0.4) is 0 Å². The molecule has 0 aliphatic carbocycles. The molecule has 0 aliphatic heterocycles. The van der Waals surface area contributed by atoms with Gasteiger partial charge in [0.2, 0.25) is 0 Å². The smallest absolute Gasteiger partial charge is 0.154 e. The standard InChI is InChI=1S/C18H12Cl2N2O/c19-13-4-1-3-12(9-13)10-15-18(16-5-2-8-23-16)21-17-7-6-14(20)11-22(15)17/h1-9,11H,10H2. The molecule has 3 nitrogen and oxygen atoms in total. The molecule has 0 saturated carbocycles. The predicted molar refractivity (Wildman–Crippen MR) is 92.2 cm³/mol. The third-order valence-electron chi connectivity index (χ3n) is 3.70. The van der Waals surface area contributed by atoms with Gasteiger partial charge < -0.3 is 8.82 Å². The molecule has 114 valence electrons. The second-order valence-electron chi connectivity index (χ2n) is 5.27. The average Bonchev–Trinajstić information content (AvgIpc) is 3.16. The normalized spacial score (nSPS) is 11.2. The molecule has 0 unspecified atom stereocenters. The summed E-state index contributed by atoms with van der Waals surface area (Å²) in [7, 11) is 0. The summed E-state index contributed by atoms with van der Waals surface area (Å²) < 4.78 is 7.55. The Hall–Kier alpha value is -2.23. The molecule has 4 rings (SSSR count). The zero-order valence-corrected chi connectivity index (χ0v) is 13.6. The van der Waals surface area contributed by atoms with Crippen LogP contribution in [0.25, 0.3) is 17.1 Å². The summed E-state index contributed by atoms with van der Waals surface area (Å²) in [4.78, 5) is 4.69. The van der Waals surface area contributed by atoms with Crippen LogP contribution in [-0.4, -0.2) is 9.38 Å². The third kappa shape index (κ3) is 2.74. The monoisotopic (exact) mass is 342 g/mol. The maximum Gasteiger partial charge on any atom is 0.154 e. The fourth-order valence-corrected chi connectivity index (χ4v) is 3.06. The van der Waals surface area contributed by atoms with Gasteiger partial charge in [0.15, 0.2) is 5.76 Å². The van der Waals surface area contributed by atoms with E-state index in [1.165, 1.54) is 0 Å². The molecule has 5 heteroatoms. The summed E-state index contributed by atoms with van der Waals surface area (Å²) in [5, 5.41) is 1.38. The molecule has 0 amide bonds. The van der Waals surface area contributed by atoms with E-state index in [0.29, 0.717) is 16.5 Å². The third-order valence-corrected chi connectivity index (χ3v) is 4.16. The number of pyridine rings is 1. The lowest BCUT2D eigenvalue weighted by Gasteiger charge is -2.05. The van der Waals surface area contributed by atoms with E-state index in [-0.39, 0.29) is 0 Å². The number of furan rings is 1. The molecule has 0 N–H and O–H groups in total. The number of hydrogen-bond acceptors (Lipinski definition) is 2. The van der Waals surface area contributed by atoms with Crippen LogP contribution in [0.1, 0.15) is 11.3 Å². The van der Waals surface area contributed by atoms with Gasteiger partial charge in [-0.05, 0) is 42.0 Å². The van der Waals surface area contributed by atoms with E-state index >= 15 is 0 Å². The molecule has 1 aromatic carbocycles. The Morgan fingerprint density at radius 2 is 1.91 bits per heavy atom. The van der Waals surface area contributed by atoms with Gasteiger partial charge in [-0.2, -0.15) is 0 Å². The number of aromatic nitrogens is 2. The molecule has 3 aromatic heterocycles. The van der Waals surface area contributed by atoms with Crippen molar-refractivity contribution < 1.29 is 4.42 Å². The number of benzene rings is 1. The summed E-state index contributed by atoms with van der Waals surface area (Å²) >= 11 is 12.3. The first-order chi connectivity index (χ1) is 11.2. The summed E-state index contributed by atoms with van der Waals surface area (Å²) in [5.41, 5.74) is 3.77. The first-order valence-corrected chi connectivity index (χ1v) is 7.91. The average molecular weight is 343 g/mol. The van der Waals surface area contributed by atoms with Crippen molar-refractivity contribution in [3.8, 4) is 11.5 Å². The maximum absolute atomic E-state index is 6.16. The number of nitrogens with zero attached hydrogens (tertiary/aromatic N) is 2. The Morgan fingerprint density at radius 3 is 2.70 bits per heavy atom. The summed E-state index contributed by atoms with van der Waals surface area (Å²) in [5.74, 6) is 0.738. The molecular formula is C18H12Cl2N2O. The second kappa shape index (κ2) is 5.76. The Bertz CT molecular complexity index is 974. The van der Waals surface area contributed by atoms with Crippen molar-refractivity contribution in [3.05, 3.63) is 82.3 Å². The minimum atomic E-state index is 0.660. The van der Waals surface area contributed by atoms with Gasteiger partial charge in [-0.15, -0.1) is 0 Å². The van der Waals surface area contributed by atoms with Crippen LogP contribution in [0.4, 0.5) is 0 Å². The van der Waals surface area contributed by atoms with Crippen molar-refractivity contribution >= 4 is 28.8 Å². The van der Waals surface area contributed by atoms with Crippen LogP contribution < -0.4 is 0 Å². The topological polar surface area (TPSA) is 30.4 Å². The Morgan fingerprint density at radius 1 is 1.00 bits per heavy atom. The molecular weight excluding hydrogens is 331 g/mol. The lowest BCUT2D eigenvalue weighted by atomic mass is 10.1. The van der Waals surface area contributed by atoms with Gasteiger partial charge in [-0.3, -0.25) is 0 Å². The van der Waals surface area contributed by atoms with Crippen molar-refractivity contribution in [2.45, 2.75) is 6.42 Å². The molecule has 0 spiro atoms. The van der Waals surface area contributed by atoms with Crippen molar-refractivity contribution in [2.75, 3.05) is 0 Å². The predicted octanol–water partition coefficient (Wildman–Crippen LogP) is 5.49. The highest BCUT2D eigenvalue weighted by Crippen LogP contribution is 2.28. The Balaban J connectivity index is 1.91. The lowest BCUT2D eigenvalue weighted by Crippen LogP contribution is -1.96. The minimum absolute atomic E-state index is 0.660. The first kappa shape index (κ1) is 14.4. The summed E-state index contributed by atoms with van der Waals surface area (Å²) in [6.07, 6.45) is 4.20. The molecule has 0 saturated heterocycles. The Labute approximate surface area is 143 Å². The molecule has 4 aromatic rings. The molecule has 0 bridgehead atoms. The number of halogens is 2. The maximum atomic E-state index is 6.16. The van der Waals surface area contributed by atoms with E-state index in [9.17, 15) is 0 Å². The van der Waals surface area contributed by atoms with Gasteiger partial charge in [0.25, 0.3) is 0 Å². The van der Waals surface area contributed by atoms with E-state index in [1.54, 1.807) is 6.26 Å². The van der Waals surface area contributed by atoms with Crippen molar-refractivity contribution in [2.24, 2.45) is 0 Å². The van der Waals surface area contributed by atoms with Crippen LogP contribution in [0.5, 0.6) is 0 Å². The fraction of sp³-hybridized carbons (Fsp3) is 0.0556. The van der Waals surface area contributed by atoms with Crippen molar-refractivity contribution in [3.63, 3.8) is 0 Å². The number of rotatable bonds is 3. The number of hydrogen-bond donors (Lipinski definition) is 0. The number of imidazole rings is 1. The van der Waals surface area contributed by atoms with Gasteiger partial charge in [0.05, 0.1) is 17.0 Å². The van der Waals surface area contributed by atoms with Crippen LogP contribution in [0.2, 0.25) is 10.0 Å². The minimum Gasteiger partial charge on any atom is -0.463 e. The summed E-state index contributed by atoms with van der Waals surface area (Å²) in [6.45, 7) is 0. The van der Waals surface area contributed by atoms with Crippen LogP contribution in [0, 0.1) is 0 Å². The largest absolute Gasteiger partial charge is 0.463 e. The van der Waals surface area contributed by atoms with Crippen LogP contribution in [0.15, 0.2) is 65.4 Å². The molecule has 0 radical (unpaired) electrons. The molecule has 0 aliphatic rings. The van der Waals surface area contributed by atoms with E-state index in [0.717, 1.165) is 28.4 Å². The summed E-state index contributed by atoms with van der Waals surface area (Å²) in [6, 6.07) is 15.3. The van der Waals surface area contributed by atoms with Crippen molar-refractivity contribution in [1.82, 2.24) is 9.38 Å². The van der Waals surface area contributed by atoms with Gasteiger partial charge in [0, 0.05) is 17.6 Å². The molecule has 0 fully saturated rings. The second-order valence-corrected chi connectivity index (χ2v) is 6.14. The van der Waals surface area contributed by atoms with Crippen molar-refractivity contribution in [1.29, 1.82) is 0 Å². The quantitative estimate of drug-likeness (QED) is 0.492. The fourth-order valence-electron chi connectivity index (χ4n) is 2.69. The van der Waals surface area contributed by atoms with Gasteiger partial charge >= 0.3 is 0 Å². The van der Waals surface area contributed by atoms with Gasteiger partial charge in [0.1, 0.15) is 11.3 Å². The van der Waals surface area contributed by atoms with E-state index < -0.39 is 0 Å². The van der Waals surface area contributed by atoms with Crippen LogP contribution in [-0.2, 0) is 6.42 Å². The highest BCUT2D eigenvalue weighted by atomic mass is 35.5. The molecule has 3 heterocycles. The van der Waals surface area contributed by atoms with Crippen LogP contribution >= 0.6 is 23.2 Å². The highest BCUT2D eigenvalue weighted by molar-refractivity contribution is 6.30. The van der Waals surface area contributed by atoms with E-state index in [4.69, 9.17) is 32.6 Å². The van der Waals surface area contributed by atoms with Gasteiger partial charge in [-0.1, -0.05) is 35.3 Å². The highest BCUT2D eigenvalue weighted by Gasteiger charge is 2.16. The SMILES string of the molecule is Clc1cccc(Cc2c(-c3ccco3)nc3ccc(Cl)cn23)c1. The zero-order chi connectivity index (χ0) is 15.8. The zero-order valence-electron chi connectivity index (χ0n) is 12.0. The van der Waals surface area contributed by atoms with E-state index in [1.807, 2.05) is 59.1 Å². The van der Waals surface area contributed by atoms with E-state index in [2.05, 4.69) is 0 Å². The molecule has 23 heavy (non-hydrogen) atoms. The van der Waals surface area contributed by atoms with Gasteiger partial charge in [-0.25, -0.2) is 4.98 Å². The molecule has 0 atom stereocenters. The Kier molecular flexibility index (Phi) is 3.60.